The highest BCUT2D eigenvalue weighted by Crippen LogP contribution is 2.63. The van der Waals surface area contributed by atoms with E-state index >= 15 is 0 Å². The van der Waals surface area contributed by atoms with Gasteiger partial charge >= 0.3 is 0 Å². The van der Waals surface area contributed by atoms with Gasteiger partial charge < -0.3 is 4.57 Å². The molecule has 1 atom stereocenters. The second-order valence-corrected chi connectivity index (χ2v) is 13.8. The maximum absolute atomic E-state index is 14.0. The molecule has 218 valence electrons. The van der Waals surface area contributed by atoms with E-state index in [2.05, 4.69) is 138 Å². The van der Waals surface area contributed by atoms with Crippen molar-refractivity contribution < 1.29 is 0 Å². The van der Waals surface area contributed by atoms with Crippen LogP contribution in [0.5, 0.6) is 0 Å². The summed E-state index contributed by atoms with van der Waals surface area (Å²) in [7, 11) is 0. The molecule has 2 aliphatic carbocycles. The number of hydrogen-bond acceptors (Lipinski definition) is 2. The molecule has 0 radical (unpaired) electrons. The van der Waals surface area contributed by atoms with Gasteiger partial charge in [0.05, 0.1) is 16.4 Å². The van der Waals surface area contributed by atoms with Crippen molar-refractivity contribution in [2.45, 2.75) is 5.41 Å². The molecular formula is C44H25NOS. The molecule has 2 aromatic heterocycles. The minimum atomic E-state index is -0.520. The maximum atomic E-state index is 14.0. The summed E-state index contributed by atoms with van der Waals surface area (Å²) in [5, 5.41) is 4.10. The third kappa shape index (κ3) is 3.08. The van der Waals surface area contributed by atoms with Gasteiger partial charge in [0, 0.05) is 36.6 Å². The van der Waals surface area contributed by atoms with Crippen LogP contribution < -0.4 is 5.43 Å². The summed E-state index contributed by atoms with van der Waals surface area (Å²) in [5.74, 6) is 0. The summed E-state index contributed by atoms with van der Waals surface area (Å²) in [6.07, 6.45) is 0. The number of benzene rings is 7. The highest BCUT2D eigenvalue weighted by Gasteiger charge is 2.51. The molecular weight excluding hydrogens is 591 g/mol. The lowest BCUT2D eigenvalue weighted by atomic mass is 9.70. The summed E-state index contributed by atoms with van der Waals surface area (Å²) in [5.41, 5.74) is 13.1. The molecule has 1 spiro atoms. The van der Waals surface area contributed by atoms with E-state index in [1.54, 1.807) is 11.3 Å². The van der Waals surface area contributed by atoms with Gasteiger partial charge in [-0.3, -0.25) is 4.79 Å². The predicted molar refractivity (Wildman–Crippen MR) is 196 cm³/mol. The van der Waals surface area contributed by atoms with Crippen molar-refractivity contribution >= 4 is 53.3 Å². The van der Waals surface area contributed by atoms with E-state index in [1.807, 2.05) is 18.2 Å². The van der Waals surface area contributed by atoms with Crippen LogP contribution >= 0.6 is 11.3 Å². The van der Waals surface area contributed by atoms with E-state index in [0.29, 0.717) is 0 Å². The third-order valence-corrected chi connectivity index (χ3v) is 11.7. The molecule has 0 aliphatic heterocycles. The van der Waals surface area contributed by atoms with Crippen molar-refractivity contribution in [2.75, 3.05) is 0 Å². The fraction of sp³-hybridized carbons (Fsp3) is 0.0227. The Morgan fingerprint density at radius 2 is 0.979 bits per heavy atom. The zero-order chi connectivity index (χ0) is 30.9. The normalized spacial score (nSPS) is 15.8. The number of aromatic nitrogens is 1. The lowest BCUT2D eigenvalue weighted by Crippen LogP contribution is -2.26. The average Bonchev–Trinajstić information content (AvgIpc) is 3.72. The van der Waals surface area contributed by atoms with Crippen molar-refractivity contribution in [2.24, 2.45) is 0 Å². The largest absolute Gasteiger partial charge is 0.309 e. The van der Waals surface area contributed by atoms with Crippen LogP contribution in [0.25, 0.3) is 69.9 Å². The standard InChI is InChI=1S/C44H25NOS/c46-43-31-15-5-10-20-41(31)47-42-25-33-28-12-2-7-17-36(28)44(38(33)24-34(42)43)35-16-6-1-11-27(35)32-23-26(21-22-37(32)44)45-39-18-8-3-13-29(39)30-14-4-9-19-40(30)45/h1-25H. The summed E-state index contributed by atoms with van der Waals surface area (Å²) >= 11 is 1.71. The van der Waals surface area contributed by atoms with E-state index < -0.39 is 5.41 Å². The summed E-state index contributed by atoms with van der Waals surface area (Å²) in [4.78, 5) is 14.0. The van der Waals surface area contributed by atoms with Gasteiger partial charge in [-0.25, -0.2) is 0 Å². The van der Waals surface area contributed by atoms with Gasteiger partial charge in [0.25, 0.3) is 0 Å². The molecule has 11 rings (SSSR count). The zero-order valence-corrected chi connectivity index (χ0v) is 26.0. The molecule has 1 unspecified atom stereocenters. The smallest absolute Gasteiger partial charge is 0.195 e. The molecule has 47 heavy (non-hydrogen) atoms. The van der Waals surface area contributed by atoms with Crippen molar-refractivity contribution in [1.82, 2.24) is 4.57 Å². The Hall–Kier alpha value is -5.77. The SMILES string of the molecule is O=c1c2ccccc2sc2cc3c(cc12)C1(c2ccccc2-c2cc(-n4c5ccccc5c5ccccc54)ccc21)c1ccccc1-3. The third-order valence-electron chi connectivity index (χ3n) is 10.6. The molecule has 0 bridgehead atoms. The molecule has 7 aromatic carbocycles. The van der Waals surface area contributed by atoms with E-state index in [9.17, 15) is 4.79 Å². The Labute approximate surface area is 274 Å². The van der Waals surface area contributed by atoms with Crippen LogP contribution in [-0.2, 0) is 5.41 Å². The van der Waals surface area contributed by atoms with Crippen LogP contribution in [0, 0.1) is 0 Å². The van der Waals surface area contributed by atoms with Crippen LogP contribution in [0.1, 0.15) is 22.3 Å². The molecule has 2 heterocycles. The molecule has 3 heteroatoms. The first-order valence-corrected chi connectivity index (χ1v) is 16.9. The van der Waals surface area contributed by atoms with Gasteiger partial charge in [-0.15, -0.1) is 11.3 Å². The first kappa shape index (κ1) is 25.4. The quantitative estimate of drug-likeness (QED) is 0.168. The molecule has 0 N–H and O–H groups in total. The van der Waals surface area contributed by atoms with Gasteiger partial charge in [-0.2, -0.15) is 0 Å². The first-order chi connectivity index (χ1) is 23.2. The van der Waals surface area contributed by atoms with Gasteiger partial charge in [0.2, 0.25) is 0 Å². The Bertz CT molecular complexity index is 2840. The molecule has 9 aromatic rings. The van der Waals surface area contributed by atoms with E-state index in [4.69, 9.17) is 0 Å². The van der Waals surface area contributed by atoms with Crippen LogP contribution in [0.3, 0.4) is 0 Å². The molecule has 2 nitrogen and oxygen atoms in total. The molecule has 0 saturated heterocycles. The highest BCUT2D eigenvalue weighted by atomic mass is 32.1. The number of rotatable bonds is 1. The first-order valence-electron chi connectivity index (χ1n) is 16.1. The van der Waals surface area contributed by atoms with Crippen molar-refractivity contribution in [1.29, 1.82) is 0 Å². The van der Waals surface area contributed by atoms with Crippen LogP contribution in [0.4, 0.5) is 0 Å². The summed E-state index contributed by atoms with van der Waals surface area (Å²) in [6.45, 7) is 0. The number of para-hydroxylation sites is 2. The van der Waals surface area contributed by atoms with Crippen molar-refractivity contribution in [3.63, 3.8) is 0 Å². The van der Waals surface area contributed by atoms with Gasteiger partial charge in [0.1, 0.15) is 0 Å². The van der Waals surface area contributed by atoms with Gasteiger partial charge in [0.15, 0.2) is 5.43 Å². The predicted octanol–water partition coefficient (Wildman–Crippen LogP) is 10.9. The van der Waals surface area contributed by atoms with Crippen LogP contribution in [0.2, 0.25) is 0 Å². The van der Waals surface area contributed by atoms with Crippen LogP contribution in [-0.4, -0.2) is 4.57 Å². The van der Waals surface area contributed by atoms with Crippen LogP contribution in [0.15, 0.2) is 156 Å². The van der Waals surface area contributed by atoms with E-state index in [0.717, 1.165) is 25.9 Å². The second kappa shape index (κ2) is 8.94. The lowest BCUT2D eigenvalue weighted by molar-refractivity contribution is 0.794. The summed E-state index contributed by atoms with van der Waals surface area (Å²) < 4.78 is 4.46. The van der Waals surface area contributed by atoms with Gasteiger partial charge in [-0.05, 0) is 93.0 Å². The Kier molecular flexibility index (Phi) is 4.83. The van der Waals surface area contributed by atoms with Crippen molar-refractivity contribution in [3.8, 4) is 27.9 Å². The fourth-order valence-corrected chi connectivity index (χ4v) is 9.86. The molecule has 0 fully saturated rings. The second-order valence-electron chi connectivity index (χ2n) is 12.8. The number of fused-ring (bicyclic) bond motifs is 15. The molecule has 0 amide bonds. The Morgan fingerprint density at radius 3 is 1.68 bits per heavy atom. The number of hydrogen-bond donors (Lipinski definition) is 0. The van der Waals surface area contributed by atoms with Crippen molar-refractivity contribution in [3.05, 3.63) is 184 Å². The maximum Gasteiger partial charge on any atom is 0.195 e. The highest BCUT2D eigenvalue weighted by molar-refractivity contribution is 7.24. The fourth-order valence-electron chi connectivity index (χ4n) is 8.76. The van der Waals surface area contributed by atoms with Gasteiger partial charge in [-0.1, -0.05) is 103 Å². The zero-order valence-electron chi connectivity index (χ0n) is 25.2. The molecule has 0 saturated carbocycles. The summed E-state index contributed by atoms with van der Waals surface area (Å²) in [6, 6.07) is 54.7. The molecule has 2 aliphatic rings. The minimum absolute atomic E-state index is 0.108. The monoisotopic (exact) mass is 615 g/mol. The number of nitrogens with zero attached hydrogens (tertiary/aromatic N) is 1. The average molecular weight is 616 g/mol. The van der Waals surface area contributed by atoms with E-state index in [1.165, 1.54) is 66.3 Å². The lowest BCUT2D eigenvalue weighted by Gasteiger charge is -2.30. The Balaban J connectivity index is 1.25. The minimum Gasteiger partial charge on any atom is -0.309 e. The topological polar surface area (TPSA) is 22.0 Å². The Morgan fingerprint density at radius 1 is 0.426 bits per heavy atom. The van der Waals surface area contributed by atoms with E-state index in [-0.39, 0.29) is 5.43 Å².